The zero-order valence-electron chi connectivity index (χ0n) is 16.2. The smallest absolute Gasteiger partial charge is 0.278 e. The van der Waals surface area contributed by atoms with Gasteiger partial charge in [0.2, 0.25) is 5.95 Å². The number of imidazole rings is 2. The van der Waals surface area contributed by atoms with Crippen LogP contribution in [0.1, 0.15) is 10.5 Å². The van der Waals surface area contributed by atoms with Crippen LogP contribution in [0.2, 0.25) is 5.02 Å². The Bertz CT molecular complexity index is 1440. The molecule has 0 fully saturated rings. The number of nitrogens with one attached hydrogen (secondary N) is 2. The third-order valence-electron chi connectivity index (χ3n) is 4.81. The Morgan fingerprint density at radius 3 is 2.84 bits per heavy atom. The minimum atomic E-state index is -0.415. The lowest BCUT2D eigenvalue weighted by atomic mass is 10.1. The number of amides is 1. The van der Waals surface area contributed by atoms with E-state index in [1.807, 2.05) is 12.1 Å². The van der Waals surface area contributed by atoms with Crippen molar-refractivity contribution in [1.29, 1.82) is 0 Å². The van der Waals surface area contributed by atoms with Gasteiger partial charge in [-0.1, -0.05) is 17.7 Å². The third kappa shape index (κ3) is 3.57. The lowest BCUT2D eigenvalue weighted by Gasteiger charge is -2.03. The predicted octanol–water partition coefficient (Wildman–Crippen LogP) is 4.93. The number of ether oxygens (including phenoxy) is 1. The molecule has 0 unspecified atom stereocenters. The highest BCUT2D eigenvalue weighted by atomic mass is 35.5. The Kier molecular flexibility index (Phi) is 4.56. The maximum Gasteiger partial charge on any atom is 0.278 e. The maximum atomic E-state index is 13.7. The van der Waals surface area contributed by atoms with Crippen molar-refractivity contribution >= 4 is 40.1 Å². The molecule has 0 aliphatic rings. The molecule has 0 saturated heterocycles. The lowest BCUT2D eigenvalue weighted by Crippen LogP contribution is -2.13. The predicted molar refractivity (Wildman–Crippen MR) is 116 cm³/mol. The second-order valence-corrected chi connectivity index (χ2v) is 7.30. The van der Waals surface area contributed by atoms with Gasteiger partial charge < -0.3 is 14.1 Å². The van der Waals surface area contributed by atoms with Crippen LogP contribution in [0.4, 0.5) is 10.3 Å². The van der Waals surface area contributed by atoms with Crippen LogP contribution in [0.15, 0.2) is 60.9 Å². The summed E-state index contributed by atoms with van der Waals surface area (Å²) in [6.07, 6.45) is 3.39. The zero-order chi connectivity index (χ0) is 21.5. The van der Waals surface area contributed by atoms with Crippen molar-refractivity contribution in [2.75, 3.05) is 12.4 Å². The Balaban J connectivity index is 1.44. The van der Waals surface area contributed by atoms with E-state index in [-0.39, 0.29) is 11.6 Å². The van der Waals surface area contributed by atoms with Crippen molar-refractivity contribution in [3.8, 4) is 16.9 Å². The molecule has 2 N–H and O–H groups in total. The van der Waals surface area contributed by atoms with E-state index in [2.05, 4.69) is 20.3 Å². The van der Waals surface area contributed by atoms with Crippen LogP contribution >= 0.6 is 11.6 Å². The number of benzene rings is 2. The minimum absolute atomic E-state index is 0.222. The van der Waals surface area contributed by atoms with Crippen LogP contribution in [-0.4, -0.2) is 32.4 Å². The highest BCUT2D eigenvalue weighted by Crippen LogP contribution is 2.27. The quantitative estimate of drug-likeness (QED) is 0.419. The van der Waals surface area contributed by atoms with Gasteiger partial charge in [-0.3, -0.25) is 10.1 Å². The third-order valence-corrected chi connectivity index (χ3v) is 5.03. The van der Waals surface area contributed by atoms with Gasteiger partial charge >= 0.3 is 0 Å². The molecule has 2 aromatic carbocycles. The van der Waals surface area contributed by atoms with E-state index < -0.39 is 11.7 Å². The van der Waals surface area contributed by atoms with E-state index >= 15 is 0 Å². The average Bonchev–Trinajstić information content (AvgIpc) is 3.35. The molecule has 31 heavy (non-hydrogen) atoms. The molecule has 0 radical (unpaired) electrons. The van der Waals surface area contributed by atoms with Crippen molar-refractivity contribution in [3.05, 3.63) is 77.5 Å². The summed E-state index contributed by atoms with van der Waals surface area (Å²) in [6.45, 7) is 0. The first kappa shape index (κ1) is 19.1. The number of pyridine rings is 1. The Labute approximate surface area is 180 Å². The van der Waals surface area contributed by atoms with Crippen molar-refractivity contribution in [3.63, 3.8) is 0 Å². The summed E-state index contributed by atoms with van der Waals surface area (Å²) in [6, 6.07) is 13.3. The molecule has 0 atom stereocenters. The van der Waals surface area contributed by atoms with Crippen LogP contribution < -0.4 is 10.1 Å². The number of aromatic amines is 1. The molecule has 0 saturated carbocycles. The SMILES string of the molecule is COc1cccn2cc(C(=O)Nc3nc4ccc(-c5cc(F)cc(Cl)c5)cc4[nH]3)nc12. The molecular formula is C22H15ClFN5O2. The molecule has 154 valence electrons. The largest absolute Gasteiger partial charge is 0.493 e. The van der Waals surface area contributed by atoms with Crippen LogP contribution in [0.3, 0.4) is 0 Å². The summed E-state index contributed by atoms with van der Waals surface area (Å²) in [5.74, 6) is 0.0138. The highest BCUT2D eigenvalue weighted by molar-refractivity contribution is 6.30. The van der Waals surface area contributed by atoms with Crippen molar-refractivity contribution in [1.82, 2.24) is 19.4 Å². The summed E-state index contributed by atoms with van der Waals surface area (Å²) in [7, 11) is 1.55. The second kappa shape index (κ2) is 7.41. The van der Waals surface area contributed by atoms with Gasteiger partial charge in [0.15, 0.2) is 11.4 Å². The molecule has 0 bridgehead atoms. The molecular weight excluding hydrogens is 421 g/mol. The van der Waals surface area contributed by atoms with Crippen molar-refractivity contribution in [2.45, 2.75) is 0 Å². The van der Waals surface area contributed by atoms with Gasteiger partial charge in [-0.25, -0.2) is 14.4 Å². The number of aromatic nitrogens is 4. The van der Waals surface area contributed by atoms with Crippen LogP contribution in [-0.2, 0) is 0 Å². The molecule has 3 heterocycles. The van der Waals surface area contributed by atoms with Gasteiger partial charge in [0.05, 0.1) is 18.1 Å². The molecule has 5 aromatic rings. The molecule has 0 aliphatic carbocycles. The normalized spacial score (nSPS) is 11.2. The summed E-state index contributed by atoms with van der Waals surface area (Å²) in [4.78, 5) is 24.5. The lowest BCUT2D eigenvalue weighted by molar-refractivity contribution is 0.102. The Hall–Kier alpha value is -3.91. The number of hydrogen-bond donors (Lipinski definition) is 2. The summed E-state index contributed by atoms with van der Waals surface area (Å²) < 4.78 is 20.7. The van der Waals surface area contributed by atoms with Gasteiger partial charge in [0, 0.05) is 17.4 Å². The number of halogens is 2. The number of carbonyl (C=O) groups excluding carboxylic acids is 1. The van der Waals surface area contributed by atoms with Crippen LogP contribution in [0.25, 0.3) is 27.8 Å². The van der Waals surface area contributed by atoms with E-state index in [1.165, 1.54) is 12.1 Å². The average molecular weight is 436 g/mol. The van der Waals surface area contributed by atoms with Crippen LogP contribution in [0.5, 0.6) is 5.75 Å². The number of carbonyl (C=O) groups is 1. The zero-order valence-corrected chi connectivity index (χ0v) is 16.9. The number of H-pyrrole nitrogens is 1. The number of fused-ring (bicyclic) bond motifs is 2. The topological polar surface area (TPSA) is 84.3 Å². The van der Waals surface area contributed by atoms with E-state index in [0.29, 0.717) is 33.0 Å². The fourth-order valence-electron chi connectivity index (χ4n) is 3.40. The molecule has 9 heteroatoms. The first-order valence-electron chi connectivity index (χ1n) is 9.29. The highest BCUT2D eigenvalue weighted by Gasteiger charge is 2.15. The first-order valence-corrected chi connectivity index (χ1v) is 9.67. The van der Waals surface area contributed by atoms with Crippen molar-refractivity contribution < 1.29 is 13.9 Å². The molecule has 7 nitrogen and oxygen atoms in total. The monoisotopic (exact) mass is 435 g/mol. The van der Waals surface area contributed by atoms with Gasteiger partial charge in [0.25, 0.3) is 5.91 Å². The molecule has 5 rings (SSSR count). The number of methoxy groups -OCH3 is 1. The standard InChI is InChI=1S/C22H15ClFN5O2/c1-31-19-3-2-6-29-11-18(25-20(19)29)21(30)28-22-26-16-5-4-12(9-17(16)27-22)13-7-14(23)10-15(24)8-13/h2-11H,1H3,(H2,26,27,28,30). The Morgan fingerprint density at radius 1 is 1.16 bits per heavy atom. The summed E-state index contributed by atoms with van der Waals surface area (Å²) >= 11 is 5.96. The molecule has 3 aromatic heterocycles. The van der Waals surface area contributed by atoms with E-state index in [4.69, 9.17) is 16.3 Å². The Morgan fingerprint density at radius 2 is 2.03 bits per heavy atom. The first-order chi connectivity index (χ1) is 15.0. The van der Waals surface area contributed by atoms with E-state index in [0.717, 1.165) is 5.56 Å². The van der Waals surface area contributed by atoms with E-state index in [9.17, 15) is 9.18 Å². The minimum Gasteiger partial charge on any atom is -0.493 e. The summed E-state index contributed by atoms with van der Waals surface area (Å²) in [5, 5.41) is 3.04. The van der Waals surface area contributed by atoms with Gasteiger partial charge in [0.1, 0.15) is 11.5 Å². The molecule has 0 aliphatic heterocycles. The van der Waals surface area contributed by atoms with E-state index in [1.54, 1.807) is 48.2 Å². The number of rotatable bonds is 4. The number of anilines is 1. The molecule has 1 amide bonds. The second-order valence-electron chi connectivity index (χ2n) is 6.86. The summed E-state index contributed by atoms with van der Waals surface area (Å²) in [5.41, 5.74) is 3.51. The van der Waals surface area contributed by atoms with Gasteiger partial charge in [-0.2, -0.15) is 0 Å². The van der Waals surface area contributed by atoms with Crippen molar-refractivity contribution in [2.24, 2.45) is 0 Å². The number of nitrogens with zero attached hydrogens (tertiary/aromatic N) is 3. The fourth-order valence-corrected chi connectivity index (χ4v) is 3.62. The van der Waals surface area contributed by atoms with Gasteiger partial charge in [-0.05, 0) is 53.6 Å². The number of hydrogen-bond acceptors (Lipinski definition) is 4. The molecule has 0 spiro atoms. The van der Waals surface area contributed by atoms with Crippen LogP contribution in [0, 0.1) is 5.82 Å². The fraction of sp³-hybridized carbons (Fsp3) is 0.0455. The maximum absolute atomic E-state index is 13.7. The van der Waals surface area contributed by atoms with Gasteiger partial charge in [-0.15, -0.1) is 0 Å².